The van der Waals surface area contributed by atoms with Crippen LogP contribution in [-0.2, 0) is 19.0 Å². The third-order valence-electron chi connectivity index (χ3n) is 3.27. The molecule has 3 N–H and O–H groups in total. The van der Waals surface area contributed by atoms with Crippen molar-refractivity contribution in [2.75, 3.05) is 33.0 Å². The Kier molecular flexibility index (Phi) is 15.5. The maximum atomic E-state index is 11.2. The van der Waals surface area contributed by atoms with E-state index in [0.29, 0.717) is 24.2 Å². The van der Waals surface area contributed by atoms with E-state index in [9.17, 15) is 14.4 Å². The van der Waals surface area contributed by atoms with E-state index in [1.807, 2.05) is 19.1 Å². The summed E-state index contributed by atoms with van der Waals surface area (Å²) in [5.74, 6) is -0.804. The number of hydrogen-bond acceptors (Lipinski definition) is 9. The van der Waals surface area contributed by atoms with Gasteiger partial charge >= 0.3 is 11.9 Å². The first-order chi connectivity index (χ1) is 14.9. The Bertz CT molecular complexity index is 694. The predicted molar refractivity (Wildman–Crippen MR) is 112 cm³/mol. The predicted octanol–water partition coefficient (Wildman–Crippen LogP) is 1.86. The van der Waals surface area contributed by atoms with Crippen LogP contribution in [0.4, 0.5) is 0 Å². The quantitative estimate of drug-likeness (QED) is 0.321. The summed E-state index contributed by atoms with van der Waals surface area (Å²) in [7, 11) is 0. The topological polar surface area (TPSA) is 140 Å². The lowest BCUT2D eigenvalue weighted by molar-refractivity contribution is -0.128. The van der Waals surface area contributed by atoms with Gasteiger partial charge in [0.15, 0.2) is 0 Å². The number of benzene rings is 2. The monoisotopic (exact) mass is 436 g/mol. The van der Waals surface area contributed by atoms with Gasteiger partial charge in [0.1, 0.15) is 19.0 Å². The minimum Gasteiger partial charge on any atom is -0.508 e. The van der Waals surface area contributed by atoms with Crippen molar-refractivity contribution in [2.45, 2.75) is 13.8 Å². The van der Waals surface area contributed by atoms with E-state index in [2.05, 4.69) is 9.47 Å². The van der Waals surface area contributed by atoms with Crippen molar-refractivity contribution in [1.82, 2.24) is 0 Å². The first-order valence-corrected chi connectivity index (χ1v) is 9.36. The first kappa shape index (κ1) is 27.6. The number of aromatic hydroxyl groups is 1. The normalized spacial score (nSPS) is 9.16. The summed E-state index contributed by atoms with van der Waals surface area (Å²) in [4.78, 5) is 31.5. The van der Waals surface area contributed by atoms with Crippen molar-refractivity contribution >= 4 is 18.4 Å². The molecule has 0 aliphatic rings. The molecule has 0 aliphatic heterocycles. The number of carbonyl (C=O) groups is 3. The molecule has 9 heteroatoms. The maximum Gasteiger partial charge on any atom is 0.338 e. The van der Waals surface area contributed by atoms with Crippen LogP contribution in [0.2, 0.25) is 0 Å². The van der Waals surface area contributed by atoms with Crippen molar-refractivity contribution < 1.29 is 43.9 Å². The van der Waals surface area contributed by atoms with Crippen molar-refractivity contribution in [2.24, 2.45) is 0 Å². The largest absolute Gasteiger partial charge is 0.508 e. The molecule has 0 aliphatic carbocycles. The molecular weight excluding hydrogens is 408 g/mol. The van der Waals surface area contributed by atoms with Crippen LogP contribution in [0.25, 0.3) is 0 Å². The fourth-order valence-corrected chi connectivity index (χ4v) is 1.80. The molecule has 0 atom stereocenters. The summed E-state index contributed by atoms with van der Waals surface area (Å²) in [6.07, 6.45) is 0. The third kappa shape index (κ3) is 13.4. The molecule has 0 saturated carbocycles. The average Bonchev–Trinajstić information content (AvgIpc) is 2.78. The number of aliphatic hydroxyl groups is 2. The van der Waals surface area contributed by atoms with Crippen LogP contribution >= 0.6 is 0 Å². The summed E-state index contributed by atoms with van der Waals surface area (Å²) in [6, 6.07) is 12.8. The number of esters is 2. The van der Waals surface area contributed by atoms with E-state index < -0.39 is 11.9 Å². The highest BCUT2D eigenvalue weighted by atomic mass is 16.5. The first-order valence-electron chi connectivity index (χ1n) is 9.36. The molecule has 0 radical (unpaired) electrons. The molecule has 0 aromatic heterocycles. The Morgan fingerprint density at radius 3 is 1.58 bits per heavy atom. The van der Waals surface area contributed by atoms with Gasteiger partial charge in [0, 0.05) is 0 Å². The number of phenolic OH excluding ortho intramolecular Hbond substituents is 1. The van der Waals surface area contributed by atoms with Gasteiger partial charge in [0.2, 0.25) is 0 Å². The van der Waals surface area contributed by atoms with E-state index in [1.165, 1.54) is 24.3 Å². The van der Waals surface area contributed by atoms with Gasteiger partial charge in [0.05, 0.1) is 30.9 Å². The fourth-order valence-electron chi connectivity index (χ4n) is 1.80. The Hall–Kier alpha value is -3.43. The molecule has 2 rings (SSSR count). The van der Waals surface area contributed by atoms with Crippen LogP contribution in [0.3, 0.4) is 0 Å². The highest BCUT2D eigenvalue weighted by Crippen LogP contribution is 2.10. The standard InChI is InChI=1S/C10H12O3.C9H10O4.C3H6O2/c1-8-2-4-9(5-3-8)10(12)13-7-6-11;10-5-6-13-9(12)7-1-3-8(11)4-2-7;1-2-5-3-4/h2-5,11H,6-7H2,1H3;1-4,10-11H,5-6H2;3H,2H2,1H3. The van der Waals surface area contributed by atoms with Gasteiger partial charge in [-0.05, 0) is 50.2 Å². The van der Waals surface area contributed by atoms with Crippen molar-refractivity contribution in [1.29, 1.82) is 0 Å². The minimum absolute atomic E-state index is 0.0142. The smallest absolute Gasteiger partial charge is 0.338 e. The molecule has 0 spiro atoms. The SMILES string of the molecule is CCOC=O.Cc1ccc(C(=O)OCCO)cc1.O=C(OCCO)c1ccc(O)cc1. The zero-order valence-electron chi connectivity index (χ0n) is 17.5. The Morgan fingerprint density at radius 1 is 0.839 bits per heavy atom. The molecule has 0 fully saturated rings. The Labute approximate surface area is 180 Å². The summed E-state index contributed by atoms with van der Waals surface area (Å²) in [5.41, 5.74) is 1.96. The molecule has 170 valence electrons. The number of aryl methyl sites for hydroxylation is 1. The van der Waals surface area contributed by atoms with Gasteiger partial charge in [-0.15, -0.1) is 0 Å². The lowest BCUT2D eigenvalue weighted by atomic mass is 10.1. The summed E-state index contributed by atoms with van der Waals surface area (Å²) in [5, 5.41) is 25.7. The molecule has 2 aromatic rings. The van der Waals surface area contributed by atoms with Crippen molar-refractivity contribution in [3.8, 4) is 5.75 Å². The van der Waals surface area contributed by atoms with E-state index in [-0.39, 0.29) is 32.2 Å². The molecule has 0 heterocycles. The van der Waals surface area contributed by atoms with Crippen LogP contribution in [0, 0.1) is 6.92 Å². The van der Waals surface area contributed by atoms with E-state index in [1.54, 1.807) is 19.1 Å². The van der Waals surface area contributed by atoms with Crippen LogP contribution < -0.4 is 0 Å². The van der Waals surface area contributed by atoms with Crippen LogP contribution in [0.15, 0.2) is 48.5 Å². The average molecular weight is 436 g/mol. The second-order valence-corrected chi connectivity index (χ2v) is 5.68. The van der Waals surface area contributed by atoms with Gasteiger partial charge in [-0.2, -0.15) is 0 Å². The highest BCUT2D eigenvalue weighted by molar-refractivity contribution is 5.89. The fraction of sp³-hybridized carbons (Fsp3) is 0.318. The van der Waals surface area contributed by atoms with Crippen molar-refractivity contribution in [3.63, 3.8) is 0 Å². The number of rotatable bonds is 8. The van der Waals surface area contributed by atoms with Gasteiger partial charge < -0.3 is 29.5 Å². The van der Waals surface area contributed by atoms with Crippen LogP contribution in [0.5, 0.6) is 5.75 Å². The van der Waals surface area contributed by atoms with Crippen molar-refractivity contribution in [3.05, 3.63) is 65.2 Å². The van der Waals surface area contributed by atoms with Gasteiger partial charge in [-0.25, -0.2) is 9.59 Å². The number of phenols is 1. The highest BCUT2D eigenvalue weighted by Gasteiger charge is 2.06. The Morgan fingerprint density at radius 2 is 1.26 bits per heavy atom. The molecule has 0 saturated heterocycles. The molecule has 0 unspecified atom stereocenters. The molecular formula is C22H28O9. The molecule has 0 amide bonds. The van der Waals surface area contributed by atoms with E-state index in [4.69, 9.17) is 20.1 Å². The second kappa shape index (κ2) is 17.4. The number of aliphatic hydroxyl groups excluding tert-OH is 2. The van der Waals surface area contributed by atoms with Gasteiger partial charge in [0.25, 0.3) is 6.47 Å². The lowest BCUT2D eigenvalue weighted by Gasteiger charge is -2.02. The third-order valence-corrected chi connectivity index (χ3v) is 3.27. The summed E-state index contributed by atoms with van der Waals surface area (Å²) >= 11 is 0. The minimum atomic E-state index is -0.506. The van der Waals surface area contributed by atoms with E-state index >= 15 is 0 Å². The van der Waals surface area contributed by atoms with Crippen LogP contribution in [0.1, 0.15) is 33.2 Å². The molecule has 0 bridgehead atoms. The van der Waals surface area contributed by atoms with Crippen LogP contribution in [-0.4, -0.2) is 66.8 Å². The summed E-state index contributed by atoms with van der Waals surface area (Å²) < 4.78 is 13.5. The molecule has 2 aromatic carbocycles. The zero-order valence-corrected chi connectivity index (χ0v) is 17.5. The number of ether oxygens (including phenoxy) is 3. The maximum absolute atomic E-state index is 11.2. The van der Waals surface area contributed by atoms with Gasteiger partial charge in [-0.1, -0.05) is 17.7 Å². The lowest BCUT2D eigenvalue weighted by Crippen LogP contribution is -2.08. The van der Waals surface area contributed by atoms with E-state index in [0.717, 1.165) is 5.56 Å². The number of carbonyl (C=O) groups excluding carboxylic acids is 3. The molecule has 9 nitrogen and oxygen atoms in total. The van der Waals surface area contributed by atoms with Gasteiger partial charge in [-0.3, -0.25) is 4.79 Å². The Balaban J connectivity index is 0.000000479. The summed E-state index contributed by atoms with van der Waals surface area (Å²) in [6.45, 7) is 4.31. The molecule has 31 heavy (non-hydrogen) atoms. The second-order valence-electron chi connectivity index (χ2n) is 5.68. The zero-order chi connectivity index (χ0) is 23.5. The number of hydrogen-bond donors (Lipinski definition) is 3.